The first kappa shape index (κ1) is 15.3. The Morgan fingerprint density at radius 1 is 1.09 bits per heavy atom. The van der Waals surface area contributed by atoms with Gasteiger partial charge < -0.3 is 9.47 Å². The maximum absolute atomic E-state index is 11.9. The van der Waals surface area contributed by atoms with Crippen LogP contribution in [0.2, 0.25) is 0 Å². The van der Waals surface area contributed by atoms with E-state index in [0.29, 0.717) is 24.3 Å². The van der Waals surface area contributed by atoms with Gasteiger partial charge in [0.1, 0.15) is 5.75 Å². The zero-order valence-electron chi connectivity index (χ0n) is 13.1. The minimum atomic E-state index is -0.267. The molecule has 2 aliphatic heterocycles. The minimum Gasteiger partial charge on any atom is -0.482 e. The Kier molecular flexibility index (Phi) is 5.33. The van der Waals surface area contributed by atoms with Gasteiger partial charge in [0.25, 0.3) is 0 Å². The highest BCUT2D eigenvalue weighted by Gasteiger charge is 2.33. The van der Waals surface area contributed by atoms with Gasteiger partial charge in [-0.15, -0.1) is 0 Å². The van der Waals surface area contributed by atoms with E-state index in [1.54, 1.807) is 0 Å². The third-order valence-corrected chi connectivity index (χ3v) is 4.79. The van der Waals surface area contributed by atoms with Crippen LogP contribution in [0.1, 0.15) is 32.1 Å². The summed E-state index contributed by atoms with van der Waals surface area (Å²) in [6.07, 6.45) is 6.27. The van der Waals surface area contributed by atoms with Gasteiger partial charge in [-0.25, -0.2) is 4.79 Å². The minimum absolute atomic E-state index is 0.00882. The van der Waals surface area contributed by atoms with Crippen LogP contribution >= 0.6 is 0 Å². The largest absolute Gasteiger partial charge is 0.482 e. The number of nitrogens with zero attached hydrogens (tertiary/aromatic N) is 1. The van der Waals surface area contributed by atoms with Crippen LogP contribution in [0.15, 0.2) is 30.3 Å². The van der Waals surface area contributed by atoms with Crippen molar-refractivity contribution in [3.8, 4) is 5.75 Å². The number of carbonyl (C=O) groups excluding carboxylic acids is 1. The Balaban J connectivity index is 1.42. The number of rotatable bonds is 5. The SMILES string of the molecule is O=C(COc1ccccc1)OC[C@H]1CCCN2CCCC[C@H]12. The van der Waals surface area contributed by atoms with Gasteiger partial charge in [0.05, 0.1) is 6.61 Å². The van der Waals surface area contributed by atoms with Crippen molar-refractivity contribution < 1.29 is 14.3 Å². The zero-order valence-corrected chi connectivity index (χ0v) is 13.1. The number of benzene rings is 1. The quantitative estimate of drug-likeness (QED) is 0.784. The van der Waals surface area contributed by atoms with Crippen LogP contribution in [0.3, 0.4) is 0 Å². The molecule has 0 aromatic heterocycles. The molecule has 1 aromatic carbocycles. The van der Waals surface area contributed by atoms with E-state index in [0.717, 1.165) is 0 Å². The van der Waals surface area contributed by atoms with Gasteiger partial charge in [-0.3, -0.25) is 4.90 Å². The Morgan fingerprint density at radius 3 is 2.77 bits per heavy atom. The summed E-state index contributed by atoms with van der Waals surface area (Å²) in [6.45, 7) is 2.96. The molecule has 4 nitrogen and oxygen atoms in total. The van der Waals surface area contributed by atoms with Crippen molar-refractivity contribution in [2.24, 2.45) is 5.92 Å². The van der Waals surface area contributed by atoms with Crippen molar-refractivity contribution in [1.29, 1.82) is 0 Å². The molecule has 0 amide bonds. The molecule has 4 heteroatoms. The number of hydrogen-bond donors (Lipinski definition) is 0. The van der Waals surface area contributed by atoms with Gasteiger partial charge >= 0.3 is 5.97 Å². The first-order valence-electron chi connectivity index (χ1n) is 8.40. The summed E-state index contributed by atoms with van der Waals surface area (Å²) in [5, 5.41) is 0. The third kappa shape index (κ3) is 4.01. The van der Waals surface area contributed by atoms with E-state index in [4.69, 9.17) is 9.47 Å². The number of ether oxygens (including phenoxy) is 2. The van der Waals surface area contributed by atoms with Crippen LogP contribution in [-0.4, -0.2) is 43.2 Å². The van der Waals surface area contributed by atoms with Crippen LogP contribution in [0.4, 0.5) is 0 Å². The number of esters is 1. The summed E-state index contributed by atoms with van der Waals surface area (Å²) in [5.41, 5.74) is 0. The van der Waals surface area contributed by atoms with E-state index >= 15 is 0 Å². The van der Waals surface area contributed by atoms with Crippen LogP contribution in [0, 0.1) is 5.92 Å². The summed E-state index contributed by atoms with van der Waals surface area (Å²) >= 11 is 0. The lowest BCUT2D eigenvalue weighted by Crippen LogP contribution is -2.49. The van der Waals surface area contributed by atoms with E-state index in [9.17, 15) is 4.79 Å². The number of hydrogen-bond acceptors (Lipinski definition) is 4. The average molecular weight is 303 g/mol. The first-order valence-corrected chi connectivity index (χ1v) is 8.40. The molecule has 0 saturated carbocycles. The smallest absolute Gasteiger partial charge is 0.344 e. The highest BCUT2D eigenvalue weighted by Crippen LogP contribution is 2.30. The fourth-order valence-electron chi connectivity index (χ4n) is 3.67. The second kappa shape index (κ2) is 7.63. The number of piperidine rings is 2. The number of para-hydroxylation sites is 1. The van der Waals surface area contributed by atoms with Gasteiger partial charge in [-0.05, 0) is 50.9 Å². The van der Waals surface area contributed by atoms with Gasteiger partial charge in [-0.2, -0.15) is 0 Å². The van der Waals surface area contributed by atoms with Crippen molar-refractivity contribution in [2.45, 2.75) is 38.1 Å². The maximum atomic E-state index is 11.9. The molecule has 0 N–H and O–H groups in total. The molecule has 2 fully saturated rings. The van der Waals surface area contributed by atoms with Gasteiger partial charge in [0.15, 0.2) is 6.61 Å². The fourth-order valence-corrected chi connectivity index (χ4v) is 3.67. The van der Waals surface area contributed by atoms with Crippen molar-refractivity contribution >= 4 is 5.97 Å². The number of carbonyl (C=O) groups is 1. The molecular formula is C18H25NO3. The van der Waals surface area contributed by atoms with E-state index in [2.05, 4.69) is 4.90 Å². The topological polar surface area (TPSA) is 38.8 Å². The van der Waals surface area contributed by atoms with Crippen LogP contribution in [-0.2, 0) is 9.53 Å². The molecule has 0 radical (unpaired) electrons. The molecule has 0 aliphatic carbocycles. The summed E-state index contributed by atoms with van der Waals surface area (Å²) in [4.78, 5) is 14.4. The van der Waals surface area contributed by atoms with E-state index in [1.807, 2.05) is 30.3 Å². The molecule has 0 bridgehead atoms. The molecule has 0 unspecified atom stereocenters. The van der Waals surface area contributed by atoms with Crippen molar-refractivity contribution in [1.82, 2.24) is 4.90 Å². The molecule has 2 aliphatic rings. The molecule has 120 valence electrons. The van der Waals surface area contributed by atoms with Crippen molar-refractivity contribution in [3.05, 3.63) is 30.3 Å². The van der Waals surface area contributed by atoms with Crippen molar-refractivity contribution in [2.75, 3.05) is 26.3 Å². The normalized spacial score (nSPS) is 25.3. The second-order valence-corrected chi connectivity index (χ2v) is 6.29. The molecular weight excluding hydrogens is 278 g/mol. The Bertz CT molecular complexity index is 474. The molecule has 2 atom stereocenters. The van der Waals surface area contributed by atoms with E-state index in [1.165, 1.54) is 45.2 Å². The summed E-state index contributed by atoms with van der Waals surface area (Å²) in [5.74, 6) is 0.932. The van der Waals surface area contributed by atoms with Gasteiger partial charge in [-0.1, -0.05) is 24.6 Å². The third-order valence-electron chi connectivity index (χ3n) is 4.79. The second-order valence-electron chi connectivity index (χ2n) is 6.29. The average Bonchev–Trinajstić information content (AvgIpc) is 2.59. The first-order chi connectivity index (χ1) is 10.8. The molecule has 0 spiro atoms. The van der Waals surface area contributed by atoms with Gasteiger partial charge in [0, 0.05) is 12.0 Å². The lowest BCUT2D eigenvalue weighted by atomic mass is 9.84. The molecule has 22 heavy (non-hydrogen) atoms. The summed E-state index contributed by atoms with van der Waals surface area (Å²) in [7, 11) is 0. The molecule has 2 heterocycles. The summed E-state index contributed by atoms with van der Waals surface area (Å²) in [6, 6.07) is 10.00. The predicted octanol–water partition coefficient (Wildman–Crippen LogP) is 2.87. The van der Waals surface area contributed by atoms with E-state index < -0.39 is 0 Å². The maximum Gasteiger partial charge on any atom is 0.344 e. The zero-order chi connectivity index (χ0) is 15.2. The molecule has 3 rings (SSSR count). The van der Waals surface area contributed by atoms with Crippen LogP contribution < -0.4 is 4.74 Å². The Labute approximate surface area is 132 Å². The Hall–Kier alpha value is -1.55. The van der Waals surface area contributed by atoms with E-state index in [-0.39, 0.29) is 12.6 Å². The lowest BCUT2D eigenvalue weighted by molar-refractivity contribution is -0.149. The summed E-state index contributed by atoms with van der Waals surface area (Å²) < 4.78 is 10.9. The Morgan fingerprint density at radius 2 is 1.91 bits per heavy atom. The van der Waals surface area contributed by atoms with Gasteiger partial charge in [0.2, 0.25) is 0 Å². The fraction of sp³-hybridized carbons (Fsp3) is 0.611. The number of fused-ring (bicyclic) bond motifs is 1. The molecule has 1 aromatic rings. The highest BCUT2D eigenvalue weighted by atomic mass is 16.6. The lowest BCUT2D eigenvalue weighted by Gasteiger charge is -2.44. The standard InChI is InChI=1S/C18H25NO3/c20-18(14-21-16-8-2-1-3-9-16)22-13-15-7-6-12-19-11-5-4-10-17(15)19/h1-3,8-9,15,17H,4-7,10-14H2/t15-,17-/m1/s1. The predicted molar refractivity (Wildman–Crippen MR) is 84.8 cm³/mol. The van der Waals surface area contributed by atoms with Crippen molar-refractivity contribution in [3.63, 3.8) is 0 Å². The molecule has 2 saturated heterocycles. The van der Waals surface area contributed by atoms with Crippen LogP contribution in [0.25, 0.3) is 0 Å². The van der Waals surface area contributed by atoms with Crippen LogP contribution in [0.5, 0.6) is 5.75 Å². The monoisotopic (exact) mass is 303 g/mol. The highest BCUT2D eigenvalue weighted by molar-refractivity contribution is 5.71.